The number of nitrogens with zero attached hydrogens (tertiary/aromatic N) is 1. The molecule has 8 nitrogen and oxygen atoms in total. The summed E-state index contributed by atoms with van der Waals surface area (Å²) in [4.78, 5) is 35.3. The molecule has 0 aliphatic rings. The number of aromatic hydroxyl groups is 1. The molecule has 0 aliphatic carbocycles. The van der Waals surface area contributed by atoms with E-state index < -0.39 is 16.8 Å². The van der Waals surface area contributed by atoms with Crippen molar-refractivity contribution in [2.75, 3.05) is 17.4 Å². The molecule has 24 heavy (non-hydrogen) atoms. The summed E-state index contributed by atoms with van der Waals surface area (Å²) in [5.74, 6) is 5.01. The first-order chi connectivity index (χ1) is 11.3. The Hall–Kier alpha value is -3.13. The molecule has 1 amide bonds. The fourth-order valence-electron chi connectivity index (χ4n) is 2.16. The minimum absolute atomic E-state index is 0.00264. The molecule has 126 valence electrons. The minimum atomic E-state index is -0.749. The van der Waals surface area contributed by atoms with Crippen molar-refractivity contribution in [2.24, 2.45) is 5.84 Å². The van der Waals surface area contributed by atoms with Crippen LogP contribution in [0.1, 0.15) is 17.3 Å². The largest absolute Gasteiger partial charge is 0.505 e. The van der Waals surface area contributed by atoms with E-state index in [1.165, 1.54) is 31.3 Å². The second kappa shape index (κ2) is 6.55. The lowest BCUT2D eigenvalue weighted by molar-refractivity contribution is 0.0960. The predicted octanol–water partition coefficient (Wildman–Crippen LogP) is 0.346. The van der Waals surface area contributed by atoms with Crippen molar-refractivity contribution in [1.82, 2.24) is 5.32 Å². The number of hydrogen-bond donors (Lipinski definition) is 4. The molecular weight excluding hydrogens is 312 g/mol. The Bertz CT molecular complexity index is 868. The minimum Gasteiger partial charge on any atom is -0.505 e. The number of amides is 1. The Kier molecular flexibility index (Phi) is 4.70. The van der Waals surface area contributed by atoms with Crippen LogP contribution in [0, 0.1) is 0 Å². The number of para-hydroxylation sites is 1. The van der Waals surface area contributed by atoms with E-state index in [4.69, 9.17) is 5.84 Å². The average molecular weight is 330 g/mol. The van der Waals surface area contributed by atoms with Crippen LogP contribution in [0.3, 0.4) is 0 Å². The maximum absolute atomic E-state index is 11.8. The fourth-order valence-corrected chi connectivity index (χ4v) is 2.16. The highest BCUT2D eigenvalue weighted by molar-refractivity contribution is 5.99. The summed E-state index contributed by atoms with van der Waals surface area (Å²) in [7, 11) is 1.43. The van der Waals surface area contributed by atoms with E-state index in [1.807, 2.05) is 0 Å². The zero-order valence-electron chi connectivity index (χ0n) is 13.3. The molecule has 1 atom stereocenters. The van der Waals surface area contributed by atoms with Crippen molar-refractivity contribution in [3.8, 4) is 5.75 Å². The number of phenolic OH excluding ortho intramolecular Hbond substituents is 1. The Balaban J connectivity index is 2.42. The van der Waals surface area contributed by atoms with E-state index >= 15 is 0 Å². The molecule has 2 aromatic carbocycles. The normalized spacial score (nSPS) is 11.8. The van der Waals surface area contributed by atoms with Crippen LogP contribution in [0.2, 0.25) is 0 Å². The van der Waals surface area contributed by atoms with Crippen molar-refractivity contribution in [3.05, 3.63) is 56.9 Å². The lowest BCUT2D eigenvalue weighted by atomic mass is 10.1. The first-order valence-electron chi connectivity index (χ1n) is 7.14. The number of hydrogen-bond acceptors (Lipinski definition) is 7. The smallest absolute Gasteiger partial charge is 0.254 e. The average Bonchev–Trinajstić information content (AvgIpc) is 2.60. The van der Waals surface area contributed by atoms with Crippen molar-refractivity contribution < 1.29 is 9.90 Å². The van der Waals surface area contributed by atoms with E-state index in [0.717, 1.165) is 5.01 Å². The second-order valence-electron chi connectivity index (χ2n) is 5.17. The molecule has 2 rings (SSSR count). The van der Waals surface area contributed by atoms with Crippen molar-refractivity contribution in [1.29, 1.82) is 0 Å². The van der Waals surface area contributed by atoms with Gasteiger partial charge in [0.05, 0.1) is 17.3 Å². The van der Waals surface area contributed by atoms with Gasteiger partial charge < -0.3 is 15.7 Å². The van der Waals surface area contributed by atoms with Gasteiger partial charge in [0.1, 0.15) is 11.4 Å². The third-order valence-electron chi connectivity index (χ3n) is 3.69. The lowest BCUT2D eigenvalue weighted by Gasteiger charge is -2.26. The van der Waals surface area contributed by atoms with Gasteiger partial charge in [-0.15, -0.1) is 6.58 Å². The van der Waals surface area contributed by atoms with Gasteiger partial charge in [-0.1, -0.05) is 12.1 Å². The van der Waals surface area contributed by atoms with Crippen molar-refractivity contribution >= 4 is 23.0 Å². The third-order valence-corrected chi connectivity index (χ3v) is 3.69. The van der Waals surface area contributed by atoms with Gasteiger partial charge in [-0.3, -0.25) is 19.4 Å². The molecule has 0 saturated heterocycles. The number of nitrogens with two attached hydrogens (primary N) is 1. The predicted molar refractivity (Wildman–Crippen MR) is 92.5 cm³/mol. The summed E-state index contributed by atoms with van der Waals surface area (Å²) in [6.07, 6.45) is 1.52. The topological polar surface area (TPSA) is 125 Å². The molecule has 5 N–H and O–H groups in total. The highest BCUT2D eigenvalue weighted by Gasteiger charge is 2.27. The Labute approximate surface area is 137 Å². The lowest BCUT2D eigenvalue weighted by Crippen LogP contribution is -2.48. The summed E-state index contributed by atoms with van der Waals surface area (Å²) in [6, 6.07) is 4.06. The standard InChI is InChI=1S/C16H18N4O4/c1-4-8(2)20(17)12-11(14(22)15(12)23)19-10-7-5-6-9(13(10)21)16(24)18-3/h4-8,19,21H,1,17H2,2-3H3,(H,18,24). The van der Waals surface area contributed by atoms with Gasteiger partial charge in [0, 0.05) is 7.05 Å². The van der Waals surface area contributed by atoms with Crippen LogP contribution in [0.5, 0.6) is 5.75 Å². The molecule has 0 heterocycles. The first-order valence-corrected chi connectivity index (χ1v) is 7.14. The van der Waals surface area contributed by atoms with Crippen LogP contribution in [-0.4, -0.2) is 24.1 Å². The Morgan fingerprint density at radius 2 is 2.04 bits per heavy atom. The van der Waals surface area contributed by atoms with Gasteiger partial charge in [0.15, 0.2) is 5.75 Å². The summed E-state index contributed by atoms with van der Waals surface area (Å²) in [6.45, 7) is 5.29. The van der Waals surface area contributed by atoms with Gasteiger partial charge in [-0.05, 0) is 19.1 Å². The summed E-state index contributed by atoms with van der Waals surface area (Å²) in [5.41, 5.74) is -1.37. The molecule has 0 spiro atoms. The van der Waals surface area contributed by atoms with E-state index in [-0.39, 0.29) is 34.4 Å². The number of carbonyl (C=O) groups excluding carboxylic acids is 1. The Morgan fingerprint density at radius 3 is 2.62 bits per heavy atom. The number of rotatable bonds is 6. The Morgan fingerprint density at radius 1 is 1.38 bits per heavy atom. The molecule has 2 aromatic rings. The number of carbonyl (C=O) groups is 1. The third kappa shape index (κ3) is 2.74. The van der Waals surface area contributed by atoms with Crippen LogP contribution in [0.15, 0.2) is 40.4 Å². The van der Waals surface area contributed by atoms with Crippen LogP contribution in [0.4, 0.5) is 17.1 Å². The number of benzene rings is 1. The van der Waals surface area contributed by atoms with Crippen LogP contribution in [-0.2, 0) is 0 Å². The van der Waals surface area contributed by atoms with E-state index in [1.54, 1.807) is 6.92 Å². The number of anilines is 3. The van der Waals surface area contributed by atoms with Crippen molar-refractivity contribution in [2.45, 2.75) is 13.0 Å². The maximum Gasteiger partial charge on any atom is 0.254 e. The van der Waals surface area contributed by atoms with Gasteiger partial charge in [0.25, 0.3) is 16.8 Å². The van der Waals surface area contributed by atoms with E-state index in [9.17, 15) is 19.5 Å². The first kappa shape index (κ1) is 17.2. The monoisotopic (exact) mass is 330 g/mol. The molecule has 8 heteroatoms. The molecule has 0 aliphatic heterocycles. The highest BCUT2D eigenvalue weighted by atomic mass is 16.3. The molecule has 0 aromatic heterocycles. The van der Waals surface area contributed by atoms with Gasteiger partial charge in [0.2, 0.25) is 0 Å². The second-order valence-corrected chi connectivity index (χ2v) is 5.17. The summed E-state index contributed by atoms with van der Waals surface area (Å²) < 4.78 is 0. The zero-order chi connectivity index (χ0) is 18.0. The molecular formula is C16H18N4O4. The molecule has 0 saturated carbocycles. The van der Waals surface area contributed by atoms with Crippen LogP contribution < -0.4 is 32.3 Å². The summed E-state index contributed by atoms with van der Waals surface area (Å²) >= 11 is 0. The van der Waals surface area contributed by atoms with Gasteiger partial charge >= 0.3 is 0 Å². The SMILES string of the molecule is C=CC(C)N(N)c1c(Nc2cccc(C(=O)NC)c2O)c(=O)c1=O. The van der Waals surface area contributed by atoms with Crippen LogP contribution >= 0.6 is 0 Å². The molecule has 0 fully saturated rings. The van der Waals surface area contributed by atoms with Crippen LogP contribution in [0.25, 0.3) is 0 Å². The molecule has 1 unspecified atom stereocenters. The van der Waals surface area contributed by atoms with Gasteiger partial charge in [-0.2, -0.15) is 0 Å². The van der Waals surface area contributed by atoms with Crippen molar-refractivity contribution in [3.63, 3.8) is 0 Å². The molecule has 0 bridgehead atoms. The van der Waals surface area contributed by atoms with E-state index in [0.29, 0.717) is 0 Å². The quantitative estimate of drug-likeness (QED) is 0.198. The zero-order valence-corrected chi connectivity index (χ0v) is 13.3. The highest BCUT2D eigenvalue weighted by Crippen LogP contribution is 2.32. The van der Waals surface area contributed by atoms with Gasteiger partial charge in [-0.25, -0.2) is 5.84 Å². The number of phenols is 1. The maximum atomic E-state index is 11.8. The van der Waals surface area contributed by atoms with E-state index in [2.05, 4.69) is 17.2 Å². The number of nitrogens with one attached hydrogen (secondary N) is 2. The summed E-state index contributed by atoms with van der Waals surface area (Å²) in [5, 5.41) is 16.4. The molecule has 0 radical (unpaired) electrons. The number of hydrazine groups is 1. The fraction of sp³-hybridized carbons (Fsp3) is 0.188.